The Morgan fingerprint density at radius 1 is 0.897 bits per heavy atom. The van der Waals surface area contributed by atoms with E-state index in [1.807, 2.05) is 12.1 Å². The molecule has 8 atom stereocenters. The van der Waals surface area contributed by atoms with Crippen LogP contribution in [-0.4, -0.2) is 16.9 Å². The minimum absolute atomic E-state index is 0.129. The largest absolute Gasteiger partial charge is 0.393 e. The number of halogens is 2. The van der Waals surface area contributed by atoms with Gasteiger partial charge in [-0.25, -0.2) is 0 Å². The third-order valence-electron chi connectivity index (χ3n) is 11.8. The average Bonchev–Trinajstić information content (AvgIpc) is 3.52. The van der Waals surface area contributed by atoms with Gasteiger partial charge < -0.3 is 5.11 Å². The summed E-state index contributed by atoms with van der Waals surface area (Å²) in [5.41, 5.74) is 5.82. The van der Waals surface area contributed by atoms with Crippen LogP contribution in [0.2, 0.25) is 10.0 Å². The van der Waals surface area contributed by atoms with E-state index in [4.69, 9.17) is 28.3 Å². The molecule has 3 fully saturated rings. The van der Waals surface area contributed by atoms with E-state index in [0.717, 1.165) is 49.1 Å². The maximum atomic E-state index is 10.4. The maximum Gasteiger partial charge on any atom is 0.0828 e. The molecule has 0 amide bonds. The highest BCUT2D eigenvalue weighted by molar-refractivity contribution is 6.42. The van der Waals surface area contributed by atoms with E-state index in [-0.39, 0.29) is 17.6 Å². The zero-order valence-electron chi connectivity index (χ0n) is 23.1. The summed E-state index contributed by atoms with van der Waals surface area (Å²) in [5, 5.41) is 19.2. The van der Waals surface area contributed by atoms with E-state index < -0.39 is 0 Å². The summed E-state index contributed by atoms with van der Waals surface area (Å²) in [4.78, 5) is 0. The number of hydrogen-bond acceptors (Lipinski definition) is 3. The van der Waals surface area contributed by atoms with Crippen LogP contribution in [0.15, 0.2) is 65.3 Å². The lowest BCUT2D eigenvalue weighted by Gasteiger charge is -2.58. The number of aliphatic hydroxyl groups excluding tert-OH is 1. The Balaban J connectivity index is 1.20. The predicted octanol–water partition coefficient (Wildman–Crippen LogP) is 9.24. The molecule has 0 aromatic heterocycles. The van der Waals surface area contributed by atoms with E-state index in [2.05, 4.69) is 61.3 Å². The molecule has 0 saturated heterocycles. The van der Waals surface area contributed by atoms with Crippen molar-refractivity contribution in [1.29, 1.82) is 0 Å². The van der Waals surface area contributed by atoms with Crippen molar-refractivity contribution in [2.45, 2.75) is 83.8 Å². The topological polar surface area (TPSA) is 35.8 Å². The number of hydrazone groups is 1. The second-order valence-corrected chi connectivity index (χ2v) is 14.3. The lowest BCUT2D eigenvalue weighted by molar-refractivity contribution is -0.0424. The number of para-hydroxylation sites is 1. The van der Waals surface area contributed by atoms with Crippen LogP contribution in [0.5, 0.6) is 0 Å². The summed E-state index contributed by atoms with van der Waals surface area (Å²) in [7, 11) is 0. The fraction of sp³-hybridized carbons (Fsp3) is 0.559. The summed E-state index contributed by atoms with van der Waals surface area (Å²) < 4.78 is 0. The van der Waals surface area contributed by atoms with Crippen molar-refractivity contribution < 1.29 is 5.11 Å². The number of hydrogen-bond donors (Lipinski definition) is 1. The molecule has 5 aliphatic rings. The fourth-order valence-corrected chi connectivity index (χ4v) is 10.0. The molecule has 4 aliphatic carbocycles. The van der Waals surface area contributed by atoms with Crippen LogP contribution in [0, 0.1) is 34.5 Å². The van der Waals surface area contributed by atoms with Gasteiger partial charge in [0.15, 0.2) is 0 Å². The Bertz CT molecular complexity index is 1320. The standard InChI is InChI=1S/C34H40Cl2N2O/c1-33-16-14-24(39)19-22(33)9-10-25-26-11-12-28(34(26,2)17-15-27(25)33)31-20-32(21-8-13-29(35)30(36)18-21)38(37-31)23-6-4-3-5-7-23/h3-9,13,18,24-28,32,39H,10-12,14-17,19-20H2,1-2H3/t24-,25-,26-,27-,28+,32?,33-,34-/m0/s1. The molecule has 0 spiro atoms. The van der Waals surface area contributed by atoms with Crippen molar-refractivity contribution in [3.63, 3.8) is 0 Å². The molecule has 39 heavy (non-hydrogen) atoms. The van der Waals surface area contributed by atoms with Crippen molar-refractivity contribution in [2.75, 3.05) is 5.01 Å². The van der Waals surface area contributed by atoms with Gasteiger partial charge in [-0.05, 0) is 110 Å². The number of aliphatic hydroxyl groups is 1. The molecule has 206 valence electrons. The SMILES string of the molecule is C[C@]12CC[C@H]3[C@@H](CC=C4C[C@@H](O)CC[C@@]43C)[C@@H]1CC[C@@H]2C1=NN(c2ccccc2)C(c2ccc(Cl)c(Cl)c2)C1. The molecule has 3 nitrogen and oxygen atoms in total. The van der Waals surface area contributed by atoms with Gasteiger partial charge in [-0.1, -0.05) is 73.0 Å². The predicted molar refractivity (Wildman–Crippen MR) is 161 cm³/mol. The minimum atomic E-state index is -0.137. The molecule has 1 unspecified atom stereocenters. The first-order chi connectivity index (χ1) is 18.8. The molecule has 5 heteroatoms. The third kappa shape index (κ3) is 4.13. The molecule has 0 bridgehead atoms. The highest BCUT2D eigenvalue weighted by Gasteiger charge is 2.59. The van der Waals surface area contributed by atoms with Crippen LogP contribution < -0.4 is 5.01 Å². The molecule has 1 aliphatic heterocycles. The van der Waals surface area contributed by atoms with Gasteiger partial charge in [0.1, 0.15) is 0 Å². The van der Waals surface area contributed by atoms with E-state index >= 15 is 0 Å². The monoisotopic (exact) mass is 562 g/mol. The van der Waals surface area contributed by atoms with Crippen molar-refractivity contribution in [3.05, 3.63) is 75.8 Å². The van der Waals surface area contributed by atoms with Gasteiger partial charge in [-0.3, -0.25) is 5.01 Å². The average molecular weight is 564 g/mol. The van der Waals surface area contributed by atoms with E-state index in [0.29, 0.717) is 21.4 Å². The first kappa shape index (κ1) is 26.1. The van der Waals surface area contributed by atoms with Crippen molar-refractivity contribution in [3.8, 4) is 0 Å². The zero-order valence-corrected chi connectivity index (χ0v) is 24.6. The molecular weight excluding hydrogens is 523 g/mol. The normalized spacial score (nSPS) is 39.5. The van der Waals surface area contributed by atoms with Crippen LogP contribution in [0.25, 0.3) is 0 Å². The van der Waals surface area contributed by atoms with Gasteiger partial charge >= 0.3 is 0 Å². The van der Waals surface area contributed by atoms with Crippen molar-refractivity contribution >= 4 is 34.6 Å². The first-order valence-corrected chi connectivity index (χ1v) is 15.8. The van der Waals surface area contributed by atoms with Crippen LogP contribution in [0.4, 0.5) is 5.69 Å². The van der Waals surface area contributed by atoms with Crippen molar-refractivity contribution in [2.24, 2.45) is 39.6 Å². The summed E-state index contributed by atoms with van der Waals surface area (Å²) in [6.45, 7) is 5.12. The lowest BCUT2D eigenvalue weighted by atomic mass is 9.47. The highest BCUT2D eigenvalue weighted by atomic mass is 35.5. The van der Waals surface area contributed by atoms with Gasteiger partial charge in [0.25, 0.3) is 0 Å². The van der Waals surface area contributed by atoms with Crippen molar-refractivity contribution in [1.82, 2.24) is 0 Å². The van der Waals surface area contributed by atoms with E-state index in [1.54, 1.807) is 5.57 Å². The Labute approximate surface area is 243 Å². The Morgan fingerprint density at radius 3 is 2.51 bits per heavy atom. The van der Waals surface area contributed by atoms with Gasteiger partial charge in [0.2, 0.25) is 0 Å². The maximum absolute atomic E-state index is 10.4. The molecule has 2 aromatic carbocycles. The zero-order chi connectivity index (χ0) is 26.9. The van der Waals surface area contributed by atoms with Gasteiger partial charge in [0.05, 0.1) is 27.9 Å². The quantitative estimate of drug-likeness (QED) is 0.378. The number of nitrogens with zero attached hydrogens (tertiary/aromatic N) is 2. The van der Waals surface area contributed by atoms with Crippen LogP contribution in [0.3, 0.4) is 0 Å². The third-order valence-corrected chi connectivity index (χ3v) is 12.5. The first-order valence-electron chi connectivity index (χ1n) is 15.0. The second-order valence-electron chi connectivity index (χ2n) is 13.5. The van der Waals surface area contributed by atoms with E-state index in [1.165, 1.54) is 43.4 Å². The van der Waals surface area contributed by atoms with Gasteiger partial charge in [-0.15, -0.1) is 0 Å². The fourth-order valence-electron chi connectivity index (χ4n) is 9.73. The van der Waals surface area contributed by atoms with Gasteiger partial charge in [-0.2, -0.15) is 5.10 Å². The Kier molecular flexibility index (Phi) is 6.45. The molecular formula is C34H40Cl2N2O. The number of allylic oxidation sites excluding steroid dienone is 1. The molecule has 7 rings (SSSR count). The number of anilines is 1. The lowest BCUT2D eigenvalue weighted by Crippen LogP contribution is -2.51. The summed E-state index contributed by atoms with van der Waals surface area (Å²) in [6.07, 6.45) is 12.7. The molecule has 0 radical (unpaired) electrons. The van der Waals surface area contributed by atoms with Crippen LogP contribution in [0.1, 0.15) is 83.2 Å². The van der Waals surface area contributed by atoms with E-state index in [9.17, 15) is 5.11 Å². The minimum Gasteiger partial charge on any atom is -0.393 e. The Morgan fingerprint density at radius 2 is 1.72 bits per heavy atom. The second kappa shape index (κ2) is 9.64. The molecule has 1 N–H and O–H groups in total. The molecule has 3 saturated carbocycles. The summed E-state index contributed by atoms with van der Waals surface area (Å²) >= 11 is 12.8. The smallest absolute Gasteiger partial charge is 0.0828 e. The number of fused-ring (bicyclic) bond motifs is 5. The molecule has 2 aromatic rings. The van der Waals surface area contributed by atoms with Crippen LogP contribution in [-0.2, 0) is 0 Å². The number of benzene rings is 2. The van der Waals surface area contributed by atoms with Crippen LogP contribution >= 0.6 is 23.2 Å². The number of rotatable bonds is 3. The van der Waals surface area contributed by atoms with Gasteiger partial charge in [0, 0.05) is 18.1 Å². The summed E-state index contributed by atoms with van der Waals surface area (Å²) in [6, 6.07) is 16.8. The Hall–Kier alpha value is -1.81. The highest BCUT2D eigenvalue weighted by Crippen LogP contribution is 2.67. The summed E-state index contributed by atoms with van der Waals surface area (Å²) in [5.74, 6) is 2.79. The molecule has 1 heterocycles.